The fourth-order valence-corrected chi connectivity index (χ4v) is 4.76. The maximum absolute atomic E-state index is 12.8. The van der Waals surface area contributed by atoms with Gasteiger partial charge in [-0.05, 0) is 61.5 Å². The van der Waals surface area contributed by atoms with Crippen LogP contribution in [0.1, 0.15) is 26.4 Å². The molecule has 3 rings (SSSR count). The standard InChI is InChI=1S/C21H22N2O3S2/c1-15-5-9-18(10-6-15)23-28(25,26)20-14-17(8-7-16(20)2)21(24)22-12-11-19-4-3-13-27-19/h3-10,13-14,23H,11-12H2,1-2H3,(H,22,24). The van der Waals surface area contributed by atoms with Crippen molar-refractivity contribution in [3.8, 4) is 0 Å². The van der Waals surface area contributed by atoms with Crippen molar-refractivity contribution >= 4 is 33.0 Å². The Morgan fingerprint density at radius 2 is 1.79 bits per heavy atom. The van der Waals surface area contributed by atoms with Crippen LogP contribution in [0.25, 0.3) is 0 Å². The molecule has 1 heterocycles. The molecule has 5 nitrogen and oxygen atoms in total. The van der Waals surface area contributed by atoms with Crippen LogP contribution in [0.2, 0.25) is 0 Å². The first kappa shape index (κ1) is 20.1. The second kappa shape index (κ2) is 8.58. The predicted molar refractivity (Wildman–Crippen MR) is 114 cm³/mol. The summed E-state index contributed by atoms with van der Waals surface area (Å²) in [6, 6.07) is 15.8. The molecule has 3 aromatic rings. The summed E-state index contributed by atoms with van der Waals surface area (Å²) >= 11 is 1.64. The van der Waals surface area contributed by atoms with Crippen molar-refractivity contribution < 1.29 is 13.2 Å². The van der Waals surface area contributed by atoms with Crippen LogP contribution in [0.4, 0.5) is 5.69 Å². The molecule has 2 N–H and O–H groups in total. The number of rotatable bonds is 7. The van der Waals surface area contributed by atoms with Crippen molar-refractivity contribution in [3.63, 3.8) is 0 Å². The molecule has 2 aromatic carbocycles. The lowest BCUT2D eigenvalue weighted by atomic mass is 10.1. The second-order valence-electron chi connectivity index (χ2n) is 6.54. The Morgan fingerprint density at radius 3 is 2.46 bits per heavy atom. The smallest absolute Gasteiger partial charge is 0.262 e. The summed E-state index contributed by atoms with van der Waals surface area (Å²) in [6.07, 6.45) is 0.745. The van der Waals surface area contributed by atoms with Crippen LogP contribution in [0, 0.1) is 13.8 Å². The lowest BCUT2D eigenvalue weighted by Gasteiger charge is -2.12. The van der Waals surface area contributed by atoms with Crippen molar-refractivity contribution in [2.45, 2.75) is 25.2 Å². The third kappa shape index (κ3) is 4.99. The number of sulfonamides is 1. The second-order valence-corrected chi connectivity index (χ2v) is 9.22. The number of hydrogen-bond acceptors (Lipinski definition) is 4. The van der Waals surface area contributed by atoms with E-state index in [0.717, 1.165) is 12.0 Å². The van der Waals surface area contributed by atoms with Crippen LogP contribution in [0.3, 0.4) is 0 Å². The lowest BCUT2D eigenvalue weighted by Crippen LogP contribution is -2.26. The number of amides is 1. The molecule has 0 aliphatic heterocycles. The van der Waals surface area contributed by atoms with Crippen LogP contribution in [-0.2, 0) is 16.4 Å². The monoisotopic (exact) mass is 414 g/mol. The van der Waals surface area contributed by atoms with Gasteiger partial charge >= 0.3 is 0 Å². The zero-order valence-corrected chi connectivity index (χ0v) is 17.4. The summed E-state index contributed by atoms with van der Waals surface area (Å²) in [7, 11) is -3.80. The van der Waals surface area contributed by atoms with E-state index in [2.05, 4.69) is 10.0 Å². The zero-order valence-electron chi connectivity index (χ0n) is 15.7. The third-order valence-electron chi connectivity index (χ3n) is 4.28. The summed E-state index contributed by atoms with van der Waals surface area (Å²) in [5, 5.41) is 4.84. The van der Waals surface area contributed by atoms with Crippen LogP contribution in [0.5, 0.6) is 0 Å². The molecule has 0 bridgehead atoms. The molecule has 28 heavy (non-hydrogen) atoms. The Morgan fingerprint density at radius 1 is 1.04 bits per heavy atom. The fraction of sp³-hybridized carbons (Fsp3) is 0.190. The Kier molecular flexibility index (Phi) is 6.16. The van der Waals surface area contributed by atoms with E-state index in [0.29, 0.717) is 23.4 Å². The minimum atomic E-state index is -3.80. The number of anilines is 1. The van der Waals surface area contributed by atoms with Gasteiger partial charge in [0.05, 0.1) is 4.90 Å². The molecule has 7 heteroatoms. The van der Waals surface area contributed by atoms with Gasteiger partial charge in [0, 0.05) is 22.7 Å². The number of carbonyl (C=O) groups excluding carboxylic acids is 1. The zero-order chi connectivity index (χ0) is 20.1. The number of carbonyl (C=O) groups is 1. The minimum Gasteiger partial charge on any atom is -0.352 e. The Balaban J connectivity index is 1.74. The molecule has 0 aliphatic carbocycles. The summed E-state index contributed by atoms with van der Waals surface area (Å²) in [6.45, 7) is 4.14. The van der Waals surface area contributed by atoms with E-state index >= 15 is 0 Å². The van der Waals surface area contributed by atoms with Crippen LogP contribution >= 0.6 is 11.3 Å². The first-order chi connectivity index (χ1) is 13.3. The van der Waals surface area contributed by atoms with E-state index in [4.69, 9.17) is 0 Å². The fourth-order valence-electron chi connectivity index (χ4n) is 2.72. The van der Waals surface area contributed by atoms with Gasteiger partial charge in [0.25, 0.3) is 15.9 Å². The van der Waals surface area contributed by atoms with Gasteiger partial charge < -0.3 is 5.32 Å². The summed E-state index contributed by atoms with van der Waals surface area (Å²) < 4.78 is 28.2. The molecule has 1 aromatic heterocycles. The average Bonchev–Trinajstić information content (AvgIpc) is 3.17. The summed E-state index contributed by atoms with van der Waals surface area (Å²) in [5.74, 6) is -0.289. The van der Waals surface area contributed by atoms with Gasteiger partial charge in [0.1, 0.15) is 0 Å². The third-order valence-corrected chi connectivity index (χ3v) is 6.74. The van der Waals surface area contributed by atoms with E-state index in [-0.39, 0.29) is 10.8 Å². The molecule has 0 saturated heterocycles. The molecular weight excluding hydrogens is 392 g/mol. The van der Waals surface area contributed by atoms with Gasteiger partial charge in [-0.3, -0.25) is 9.52 Å². The normalized spacial score (nSPS) is 11.2. The highest BCUT2D eigenvalue weighted by Gasteiger charge is 2.19. The van der Waals surface area contributed by atoms with Gasteiger partial charge in [-0.15, -0.1) is 11.3 Å². The van der Waals surface area contributed by atoms with Gasteiger partial charge in [0.2, 0.25) is 0 Å². The molecular formula is C21H22N2O3S2. The van der Waals surface area contributed by atoms with E-state index in [1.54, 1.807) is 42.5 Å². The largest absolute Gasteiger partial charge is 0.352 e. The molecule has 0 spiro atoms. The first-order valence-electron chi connectivity index (χ1n) is 8.86. The van der Waals surface area contributed by atoms with Crippen molar-refractivity contribution in [2.24, 2.45) is 0 Å². The number of thiophene rings is 1. The lowest BCUT2D eigenvalue weighted by molar-refractivity contribution is 0.0954. The Labute approximate surface area is 169 Å². The van der Waals surface area contributed by atoms with Crippen molar-refractivity contribution in [3.05, 3.63) is 81.5 Å². The Bertz CT molecular complexity index is 1060. The van der Waals surface area contributed by atoms with Crippen molar-refractivity contribution in [2.75, 3.05) is 11.3 Å². The predicted octanol–water partition coefficient (Wildman–Crippen LogP) is 4.14. The van der Waals surface area contributed by atoms with E-state index in [1.807, 2.05) is 36.6 Å². The molecule has 0 fully saturated rings. The van der Waals surface area contributed by atoms with E-state index in [1.165, 1.54) is 10.9 Å². The summed E-state index contributed by atoms with van der Waals surface area (Å²) in [4.78, 5) is 13.7. The number of nitrogens with one attached hydrogen (secondary N) is 2. The molecule has 0 atom stereocenters. The highest BCUT2D eigenvalue weighted by Crippen LogP contribution is 2.21. The maximum Gasteiger partial charge on any atom is 0.262 e. The first-order valence-corrected chi connectivity index (χ1v) is 11.2. The summed E-state index contributed by atoms with van der Waals surface area (Å²) in [5.41, 5.74) is 2.42. The molecule has 0 radical (unpaired) electrons. The number of benzene rings is 2. The van der Waals surface area contributed by atoms with E-state index in [9.17, 15) is 13.2 Å². The average molecular weight is 415 g/mol. The molecule has 0 aliphatic rings. The van der Waals surface area contributed by atoms with Gasteiger partial charge in [0.15, 0.2) is 0 Å². The van der Waals surface area contributed by atoms with Gasteiger partial charge in [-0.2, -0.15) is 0 Å². The minimum absolute atomic E-state index is 0.0963. The van der Waals surface area contributed by atoms with Crippen molar-refractivity contribution in [1.29, 1.82) is 0 Å². The van der Waals surface area contributed by atoms with Crippen LogP contribution < -0.4 is 10.0 Å². The van der Waals surface area contributed by atoms with Gasteiger partial charge in [-0.25, -0.2) is 8.42 Å². The van der Waals surface area contributed by atoms with Gasteiger partial charge in [-0.1, -0.05) is 29.8 Å². The molecule has 0 unspecified atom stereocenters. The molecule has 146 valence electrons. The quantitative estimate of drug-likeness (QED) is 0.610. The Hall–Kier alpha value is -2.64. The SMILES string of the molecule is Cc1ccc(NS(=O)(=O)c2cc(C(=O)NCCc3cccs3)ccc2C)cc1. The van der Waals surface area contributed by atoms with Crippen LogP contribution in [0.15, 0.2) is 64.9 Å². The number of hydrogen-bond donors (Lipinski definition) is 2. The van der Waals surface area contributed by atoms with Crippen molar-refractivity contribution in [1.82, 2.24) is 5.32 Å². The van der Waals surface area contributed by atoms with E-state index < -0.39 is 10.0 Å². The highest BCUT2D eigenvalue weighted by molar-refractivity contribution is 7.92. The van der Waals surface area contributed by atoms with Crippen LogP contribution in [-0.4, -0.2) is 20.9 Å². The number of aryl methyl sites for hydroxylation is 2. The topological polar surface area (TPSA) is 75.3 Å². The maximum atomic E-state index is 12.8. The molecule has 0 saturated carbocycles. The highest BCUT2D eigenvalue weighted by atomic mass is 32.2. The molecule has 1 amide bonds.